The maximum atomic E-state index is 13.3. The van der Waals surface area contributed by atoms with Crippen molar-refractivity contribution in [3.63, 3.8) is 0 Å². The van der Waals surface area contributed by atoms with E-state index in [1.54, 1.807) is 37.5 Å². The SMILES string of the molecule is CCNC(=O)Nc1cc(-n2ccc(C(F)(F)F)n2)c(-c2cncc(-c3cccc(OC)c3OC)c2)cn1. The van der Waals surface area contributed by atoms with Gasteiger partial charge in [-0.2, -0.15) is 18.3 Å². The number of methoxy groups -OCH3 is 2. The molecule has 0 bridgehead atoms. The zero-order valence-electron chi connectivity index (χ0n) is 20.1. The summed E-state index contributed by atoms with van der Waals surface area (Å²) in [5.74, 6) is 1.17. The highest BCUT2D eigenvalue weighted by atomic mass is 19.4. The summed E-state index contributed by atoms with van der Waals surface area (Å²) in [7, 11) is 3.06. The van der Waals surface area contributed by atoms with Crippen LogP contribution in [-0.4, -0.2) is 46.5 Å². The van der Waals surface area contributed by atoms with Crippen molar-refractivity contribution in [1.82, 2.24) is 25.1 Å². The van der Waals surface area contributed by atoms with Crippen molar-refractivity contribution < 1.29 is 27.4 Å². The number of urea groups is 1. The molecule has 2 N–H and O–H groups in total. The maximum absolute atomic E-state index is 13.3. The summed E-state index contributed by atoms with van der Waals surface area (Å²) in [5, 5.41) is 8.84. The molecule has 0 unspecified atom stereocenters. The van der Waals surface area contributed by atoms with Gasteiger partial charge in [-0.25, -0.2) is 14.5 Å². The number of hydrogen-bond acceptors (Lipinski definition) is 6. The Balaban J connectivity index is 1.84. The molecule has 12 heteroatoms. The van der Waals surface area contributed by atoms with Crippen LogP contribution in [0.1, 0.15) is 12.6 Å². The van der Waals surface area contributed by atoms with Gasteiger partial charge in [0.15, 0.2) is 17.2 Å². The van der Waals surface area contributed by atoms with Crippen molar-refractivity contribution in [2.75, 3.05) is 26.1 Å². The Bertz CT molecular complexity index is 1420. The number of nitrogens with zero attached hydrogens (tertiary/aromatic N) is 4. The lowest BCUT2D eigenvalue weighted by Gasteiger charge is -2.15. The number of halogens is 3. The second-order valence-electron chi connectivity index (χ2n) is 7.72. The number of aromatic nitrogens is 4. The number of ether oxygens (including phenoxy) is 2. The van der Waals surface area contributed by atoms with E-state index in [0.29, 0.717) is 40.3 Å². The van der Waals surface area contributed by atoms with Crippen LogP contribution in [0.2, 0.25) is 0 Å². The molecule has 37 heavy (non-hydrogen) atoms. The maximum Gasteiger partial charge on any atom is 0.435 e. The molecule has 0 aliphatic rings. The Kier molecular flexibility index (Phi) is 7.27. The fourth-order valence-corrected chi connectivity index (χ4v) is 3.70. The molecule has 0 saturated carbocycles. The van der Waals surface area contributed by atoms with Gasteiger partial charge >= 0.3 is 12.2 Å². The number of pyridine rings is 2. The second kappa shape index (κ2) is 10.6. The fourth-order valence-electron chi connectivity index (χ4n) is 3.70. The number of para-hydroxylation sites is 1. The van der Waals surface area contributed by atoms with Gasteiger partial charge in [0.2, 0.25) is 0 Å². The minimum absolute atomic E-state index is 0.132. The first-order valence-electron chi connectivity index (χ1n) is 11.1. The summed E-state index contributed by atoms with van der Waals surface area (Å²) >= 11 is 0. The molecular formula is C25H23F3N6O3. The average Bonchev–Trinajstić information content (AvgIpc) is 3.39. The number of amides is 2. The standard InChI is InChI=1S/C25H23F3N6O3/c1-4-30-24(35)32-22-11-19(34-9-8-21(33-34)25(26,27)28)18(14-31-22)16-10-15(12-29-13-16)17-6-5-7-20(36-2)23(17)37-3/h5-14H,4H2,1-3H3,(H2,30,31,32,35). The van der Waals surface area contributed by atoms with Gasteiger partial charge in [0, 0.05) is 59.7 Å². The van der Waals surface area contributed by atoms with Crippen molar-refractivity contribution in [2.24, 2.45) is 0 Å². The van der Waals surface area contributed by atoms with Gasteiger partial charge in [0.1, 0.15) is 5.82 Å². The Morgan fingerprint density at radius 2 is 1.78 bits per heavy atom. The van der Waals surface area contributed by atoms with E-state index < -0.39 is 17.9 Å². The third-order valence-electron chi connectivity index (χ3n) is 5.35. The van der Waals surface area contributed by atoms with E-state index in [4.69, 9.17) is 9.47 Å². The van der Waals surface area contributed by atoms with E-state index in [1.165, 1.54) is 32.7 Å². The highest BCUT2D eigenvalue weighted by Crippen LogP contribution is 2.39. The largest absolute Gasteiger partial charge is 0.493 e. The highest BCUT2D eigenvalue weighted by Gasteiger charge is 2.34. The van der Waals surface area contributed by atoms with E-state index in [2.05, 4.69) is 25.7 Å². The van der Waals surface area contributed by atoms with Crippen LogP contribution in [0.25, 0.3) is 27.9 Å². The molecule has 3 aromatic heterocycles. The molecule has 0 saturated heterocycles. The van der Waals surface area contributed by atoms with Crippen LogP contribution in [-0.2, 0) is 6.18 Å². The number of carbonyl (C=O) groups excluding carboxylic acids is 1. The van der Waals surface area contributed by atoms with Crippen molar-refractivity contribution in [3.05, 3.63) is 66.9 Å². The number of benzene rings is 1. The fraction of sp³-hybridized carbons (Fsp3) is 0.200. The predicted molar refractivity (Wildman–Crippen MR) is 131 cm³/mol. The van der Waals surface area contributed by atoms with E-state index in [1.807, 2.05) is 6.07 Å². The molecule has 9 nitrogen and oxygen atoms in total. The minimum Gasteiger partial charge on any atom is -0.493 e. The van der Waals surface area contributed by atoms with Crippen LogP contribution in [0.5, 0.6) is 11.5 Å². The van der Waals surface area contributed by atoms with Gasteiger partial charge in [-0.15, -0.1) is 0 Å². The number of nitrogens with one attached hydrogen (secondary N) is 2. The van der Waals surface area contributed by atoms with Crippen molar-refractivity contribution >= 4 is 11.8 Å². The zero-order chi connectivity index (χ0) is 26.6. The molecule has 0 atom stereocenters. The molecule has 4 aromatic rings. The zero-order valence-corrected chi connectivity index (χ0v) is 20.1. The Morgan fingerprint density at radius 3 is 2.43 bits per heavy atom. The van der Waals surface area contributed by atoms with Gasteiger partial charge < -0.3 is 14.8 Å². The molecule has 0 radical (unpaired) electrons. The molecule has 4 rings (SSSR count). The monoisotopic (exact) mass is 512 g/mol. The molecule has 0 spiro atoms. The van der Waals surface area contributed by atoms with Crippen LogP contribution in [0.15, 0.2) is 61.2 Å². The Labute approximate surface area is 210 Å². The van der Waals surface area contributed by atoms with E-state index >= 15 is 0 Å². The Morgan fingerprint density at radius 1 is 1.03 bits per heavy atom. The van der Waals surface area contributed by atoms with Gasteiger partial charge in [0.05, 0.1) is 19.9 Å². The van der Waals surface area contributed by atoms with Crippen LogP contribution in [0.3, 0.4) is 0 Å². The summed E-state index contributed by atoms with van der Waals surface area (Å²) in [6.07, 6.45) is 1.20. The summed E-state index contributed by atoms with van der Waals surface area (Å²) in [4.78, 5) is 20.6. The van der Waals surface area contributed by atoms with Gasteiger partial charge in [-0.1, -0.05) is 12.1 Å². The van der Waals surface area contributed by atoms with E-state index in [9.17, 15) is 18.0 Å². The quantitative estimate of drug-likeness (QED) is 0.354. The van der Waals surface area contributed by atoms with E-state index in [-0.39, 0.29) is 11.5 Å². The van der Waals surface area contributed by atoms with Gasteiger partial charge in [0.25, 0.3) is 0 Å². The molecule has 0 aliphatic heterocycles. The smallest absolute Gasteiger partial charge is 0.435 e. The molecular weight excluding hydrogens is 489 g/mol. The van der Waals surface area contributed by atoms with Gasteiger partial charge in [-0.3, -0.25) is 10.3 Å². The molecule has 3 heterocycles. The first-order chi connectivity index (χ1) is 17.7. The topological polar surface area (TPSA) is 103 Å². The summed E-state index contributed by atoms with van der Waals surface area (Å²) in [5.41, 5.74) is 1.59. The van der Waals surface area contributed by atoms with Crippen molar-refractivity contribution in [3.8, 4) is 39.4 Å². The third kappa shape index (κ3) is 5.47. The first kappa shape index (κ1) is 25.5. The normalized spacial score (nSPS) is 11.2. The number of anilines is 1. The first-order valence-corrected chi connectivity index (χ1v) is 11.1. The molecule has 0 aliphatic carbocycles. The highest BCUT2D eigenvalue weighted by molar-refractivity contribution is 5.89. The summed E-state index contributed by atoms with van der Waals surface area (Å²) in [6, 6.07) is 9.02. The van der Waals surface area contributed by atoms with Crippen molar-refractivity contribution in [1.29, 1.82) is 0 Å². The minimum atomic E-state index is -4.62. The average molecular weight is 512 g/mol. The lowest BCUT2D eigenvalue weighted by Crippen LogP contribution is -2.28. The number of hydrogen-bond donors (Lipinski definition) is 2. The lowest BCUT2D eigenvalue weighted by molar-refractivity contribution is -0.141. The number of rotatable bonds is 7. The molecule has 1 aromatic carbocycles. The molecule has 0 fully saturated rings. The third-order valence-corrected chi connectivity index (χ3v) is 5.35. The summed E-state index contributed by atoms with van der Waals surface area (Å²) < 4.78 is 51.8. The van der Waals surface area contributed by atoms with Crippen LogP contribution in [0.4, 0.5) is 23.8 Å². The van der Waals surface area contributed by atoms with Crippen LogP contribution >= 0.6 is 0 Å². The van der Waals surface area contributed by atoms with E-state index in [0.717, 1.165) is 10.7 Å². The number of alkyl halides is 3. The summed E-state index contributed by atoms with van der Waals surface area (Å²) in [6.45, 7) is 2.14. The second-order valence-corrected chi connectivity index (χ2v) is 7.72. The van der Waals surface area contributed by atoms with Crippen LogP contribution in [0, 0.1) is 0 Å². The van der Waals surface area contributed by atoms with Crippen molar-refractivity contribution in [2.45, 2.75) is 13.1 Å². The van der Waals surface area contributed by atoms with Crippen LogP contribution < -0.4 is 20.1 Å². The Hall–Kier alpha value is -4.61. The number of carbonyl (C=O) groups is 1. The molecule has 2 amide bonds. The molecule has 192 valence electrons. The predicted octanol–water partition coefficient (Wildman–Crippen LogP) is 5.17. The van der Waals surface area contributed by atoms with Gasteiger partial charge in [-0.05, 0) is 25.1 Å². The lowest BCUT2D eigenvalue weighted by atomic mass is 10.0.